The smallest absolute Gasteiger partial charge is 0.410 e. The average Bonchev–Trinajstić information content (AvgIpc) is 2.20. The topological polar surface area (TPSA) is 55.6 Å². The minimum atomic E-state index is -0.173. The van der Waals surface area contributed by atoms with Crippen molar-refractivity contribution in [2.45, 2.75) is 32.7 Å². The Morgan fingerprint density at radius 2 is 2.43 bits per heavy atom. The molecule has 4 heteroatoms. The molecule has 14 heavy (non-hydrogen) atoms. The molecule has 1 aliphatic rings. The molecular weight excluding hydrogens is 180 g/mol. The van der Waals surface area contributed by atoms with E-state index in [-0.39, 0.29) is 12.1 Å². The van der Waals surface area contributed by atoms with E-state index in [2.05, 4.69) is 6.92 Å². The molecule has 1 rings (SSSR count). The average molecular weight is 200 g/mol. The fourth-order valence-corrected chi connectivity index (χ4v) is 1.67. The molecule has 1 saturated heterocycles. The third kappa shape index (κ3) is 2.61. The molecule has 1 fully saturated rings. The van der Waals surface area contributed by atoms with Crippen molar-refractivity contribution in [1.82, 2.24) is 4.90 Å². The highest BCUT2D eigenvalue weighted by Gasteiger charge is 2.29. The van der Waals surface area contributed by atoms with E-state index in [4.69, 9.17) is 10.5 Å². The molecule has 0 bridgehead atoms. The first-order chi connectivity index (χ1) is 6.69. The lowest BCUT2D eigenvalue weighted by molar-refractivity contribution is 0.0269. The highest BCUT2D eigenvalue weighted by Crippen LogP contribution is 2.17. The molecule has 1 amide bonds. The van der Waals surface area contributed by atoms with E-state index in [0.29, 0.717) is 19.1 Å². The Kier molecular flexibility index (Phi) is 4.20. The summed E-state index contributed by atoms with van der Waals surface area (Å²) in [6.45, 7) is 6.11. The van der Waals surface area contributed by atoms with Crippen LogP contribution in [0.2, 0.25) is 0 Å². The molecule has 0 aromatic heterocycles. The predicted molar refractivity (Wildman–Crippen MR) is 55.0 cm³/mol. The molecule has 82 valence electrons. The Morgan fingerprint density at radius 1 is 1.71 bits per heavy atom. The van der Waals surface area contributed by atoms with Crippen molar-refractivity contribution in [3.05, 3.63) is 0 Å². The summed E-state index contributed by atoms with van der Waals surface area (Å²) in [7, 11) is 0. The fraction of sp³-hybridized carbons (Fsp3) is 0.900. The molecule has 1 heterocycles. The first kappa shape index (κ1) is 11.3. The van der Waals surface area contributed by atoms with Crippen molar-refractivity contribution in [2.75, 3.05) is 19.7 Å². The minimum absolute atomic E-state index is 0.173. The number of ether oxygens (including phenoxy) is 1. The number of nitrogens with two attached hydrogens (primary N) is 1. The number of carbonyl (C=O) groups excluding carboxylic acids is 1. The number of rotatable bonds is 4. The minimum Gasteiger partial charge on any atom is -0.449 e. The zero-order valence-corrected chi connectivity index (χ0v) is 9.03. The standard InChI is InChI=1S/C10H20N2O2/c1-3-8(2)12-6-9(4-5-11)7-14-10(12)13/h8-9H,3-7,11H2,1-2H3. The Bertz CT molecular complexity index is 197. The van der Waals surface area contributed by atoms with E-state index in [0.717, 1.165) is 19.4 Å². The Balaban J connectivity index is 2.50. The van der Waals surface area contributed by atoms with Gasteiger partial charge in [0.2, 0.25) is 0 Å². The van der Waals surface area contributed by atoms with Gasteiger partial charge in [0, 0.05) is 18.5 Å². The zero-order chi connectivity index (χ0) is 10.6. The van der Waals surface area contributed by atoms with Crippen LogP contribution in [0.25, 0.3) is 0 Å². The molecule has 1 aliphatic heterocycles. The third-order valence-corrected chi connectivity index (χ3v) is 2.83. The summed E-state index contributed by atoms with van der Waals surface area (Å²) in [5.74, 6) is 0.409. The molecule has 0 aromatic rings. The van der Waals surface area contributed by atoms with E-state index in [1.807, 2.05) is 11.8 Å². The molecule has 0 spiro atoms. The van der Waals surface area contributed by atoms with Crippen LogP contribution in [0.15, 0.2) is 0 Å². The van der Waals surface area contributed by atoms with E-state index in [9.17, 15) is 4.79 Å². The van der Waals surface area contributed by atoms with Gasteiger partial charge in [0.15, 0.2) is 0 Å². The maximum Gasteiger partial charge on any atom is 0.410 e. The van der Waals surface area contributed by atoms with Crippen molar-refractivity contribution in [2.24, 2.45) is 11.7 Å². The van der Waals surface area contributed by atoms with Gasteiger partial charge in [-0.3, -0.25) is 0 Å². The second-order valence-corrected chi connectivity index (χ2v) is 3.93. The summed E-state index contributed by atoms with van der Waals surface area (Å²) in [6, 6.07) is 0.267. The summed E-state index contributed by atoms with van der Waals surface area (Å²) in [5.41, 5.74) is 5.49. The van der Waals surface area contributed by atoms with Gasteiger partial charge in [0.1, 0.15) is 0 Å². The van der Waals surface area contributed by atoms with Crippen LogP contribution in [0.4, 0.5) is 4.79 Å². The monoisotopic (exact) mass is 200 g/mol. The van der Waals surface area contributed by atoms with Crippen LogP contribution in [0.5, 0.6) is 0 Å². The predicted octanol–water partition coefficient (Wildman–Crippen LogP) is 1.20. The van der Waals surface area contributed by atoms with Gasteiger partial charge >= 0.3 is 6.09 Å². The van der Waals surface area contributed by atoms with E-state index >= 15 is 0 Å². The molecule has 0 saturated carbocycles. The largest absolute Gasteiger partial charge is 0.449 e. The van der Waals surface area contributed by atoms with Crippen molar-refractivity contribution in [1.29, 1.82) is 0 Å². The van der Waals surface area contributed by atoms with E-state index in [1.54, 1.807) is 0 Å². The number of hydrogen-bond acceptors (Lipinski definition) is 3. The number of amides is 1. The normalized spacial score (nSPS) is 24.6. The molecule has 0 aromatic carbocycles. The van der Waals surface area contributed by atoms with Gasteiger partial charge in [-0.1, -0.05) is 6.92 Å². The van der Waals surface area contributed by atoms with Crippen LogP contribution in [-0.2, 0) is 4.74 Å². The highest BCUT2D eigenvalue weighted by atomic mass is 16.6. The Hall–Kier alpha value is -0.770. The van der Waals surface area contributed by atoms with Crippen LogP contribution in [0.1, 0.15) is 26.7 Å². The van der Waals surface area contributed by atoms with Gasteiger partial charge in [0.25, 0.3) is 0 Å². The van der Waals surface area contributed by atoms with Crippen molar-refractivity contribution < 1.29 is 9.53 Å². The van der Waals surface area contributed by atoms with Gasteiger partial charge in [-0.05, 0) is 26.3 Å². The summed E-state index contributed by atoms with van der Waals surface area (Å²) < 4.78 is 5.11. The van der Waals surface area contributed by atoms with Crippen molar-refractivity contribution in [3.8, 4) is 0 Å². The van der Waals surface area contributed by atoms with Crippen LogP contribution < -0.4 is 5.73 Å². The van der Waals surface area contributed by atoms with Gasteiger partial charge < -0.3 is 15.4 Å². The van der Waals surface area contributed by atoms with Gasteiger partial charge in [-0.2, -0.15) is 0 Å². The zero-order valence-electron chi connectivity index (χ0n) is 9.03. The fourth-order valence-electron chi connectivity index (χ4n) is 1.67. The van der Waals surface area contributed by atoms with Crippen molar-refractivity contribution >= 4 is 6.09 Å². The van der Waals surface area contributed by atoms with Crippen LogP contribution in [-0.4, -0.2) is 36.7 Å². The molecular formula is C10H20N2O2. The number of carbonyl (C=O) groups is 1. The molecule has 4 nitrogen and oxygen atoms in total. The quantitative estimate of drug-likeness (QED) is 0.742. The van der Waals surface area contributed by atoms with E-state index in [1.165, 1.54) is 0 Å². The number of hydrogen-bond donors (Lipinski definition) is 1. The third-order valence-electron chi connectivity index (χ3n) is 2.83. The van der Waals surface area contributed by atoms with E-state index < -0.39 is 0 Å². The Morgan fingerprint density at radius 3 is 3.00 bits per heavy atom. The lowest BCUT2D eigenvalue weighted by atomic mass is 10.0. The molecule has 0 aliphatic carbocycles. The van der Waals surface area contributed by atoms with Gasteiger partial charge in [-0.15, -0.1) is 0 Å². The van der Waals surface area contributed by atoms with Crippen LogP contribution in [0.3, 0.4) is 0 Å². The highest BCUT2D eigenvalue weighted by molar-refractivity contribution is 5.68. The summed E-state index contributed by atoms with van der Waals surface area (Å²) in [4.78, 5) is 13.2. The second kappa shape index (κ2) is 5.20. The second-order valence-electron chi connectivity index (χ2n) is 3.93. The van der Waals surface area contributed by atoms with Crippen LogP contribution >= 0.6 is 0 Å². The lowest BCUT2D eigenvalue weighted by Gasteiger charge is -2.35. The molecule has 2 unspecified atom stereocenters. The first-order valence-electron chi connectivity index (χ1n) is 5.32. The van der Waals surface area contributed by atoms with Gasteiger partial charge in [-0.25, -0.2) is 4.79 Å². The maximum atomic E-state index is 11.4. The van der Waals surface area contributed by atoms with Crippen molar-refractivity contribution in [3.63, 3.8) is 0 Å². The maximum absolute atomic E-state index is 11.4. The SMILES string of the molecule is CCC(C)N1CC(CCN)COC1=O. The van der Waals surface area contributed by atoms with Gasteiger partial charge in [0.05, 0.1) is 6.61 Å². The Labute approximate surface area is 85.4 Å². The lowest BCUT2D eigenvalue weighted by Crippen LogP contribution is -2.47. The molecule has 2 N–H and O–H groups in total. The molecule has 2 atom stereocenters. The summed E-state index contributed by atoms with van der Waals surface area (Å²) in [6.07, 6.45) is 1.72. The number of cyclic esters (lactones) is 1. The first-order valence-corrected chi connectivity index (χ1v) is 5.32. The summed E-state index contributed by atoms with van der Waals surface area (Å²) in [5, 5.41) is 0. The molecule has 0 radical (unpaired) electrons. The summed E-state index contributed by atoms with van der Waals surface area (Å²) >= 11 is 0. The number of nitrogens with zero attached hydrogens (tertiary/aromatic N) is 1. The van der Waals surface area contributed by atoms with Crippen LogP contribution in [0, 0.1) is 5.92 Å².